The van der Waals surface area contributed by atoms with Crippen molar-refractivity contribution in [2.45, 2.75) is 32.8 Å². The van der Waals surface area contributed by atoms with E-state index < -0.39 is 6.10 Å². The van der Waals surface area contributed by atoms with Gasteiger partial charge in [-0.25, -0.2) is 4.98 Å². The van der Waals surface area contributed by atoms with Crippen LogP contribution in [0.2, 0.25) is 0 Å². The number of carbonyl (C=O) groups excluding carboxylic acids is 1. The van der Waals surface area contributed by atoms with Crippen molar-refractivity contribution in [1.29, 1.82) is 0 Å². The molecule has 2 aromatic heterocycles. The summed E-state index contributed by atoms with van der Waals surface area (Å²) in [6.07, 6.45) is 4.22. The first-order chi connectivity index (χ1) is 16.4. The third-order valence-corrected chi connectivity index (χ3v) is 6.99. The summed E-state index contributed by atoms with van der Waals surface area (Å²) in [5.41, 5.74) is 2.05. The Morgan fingerprint density at radius 3 is 2.71 bits per heavy atom. The van der Waals surface area contributed by atoms with Gasteiger partial charge in [-0.15, -0.1) is 0 Å². The SMILES string of the molecule is CCCCN1C(=O)/C(=C/c2c(NCC(O)c3ccccc3)nc3c(C)cccn3c2=O)SC1=S. The number of nitrogens with one attached hydrogen (secondary N) is 1. The Bertz CT molecular complexity index is 1320. The number of aliphatic hydroxyl groups excluding tert-OH is 1. The van der Waals surface area contributed by atoms with Crippen molar-refractivity contribution in [3.8, 4) is 0 Å². The Hall–Kier alpha value is -3.01. The molecule has 1 aliphatic rings. The maximum absolute atomic E-state index is 13.5. The van der Waals surface area contributed by atoms with E-state index in [2.05, 4.69) is 17.2 Å². The van der Waals surface area contributed by atoms with Gasteiger partial charge in [-0.2, -0.15) is 0 Å². The molecule has 1 aliphatic heterocycles. The molecule has 7 nitrogen and oxygen atoms in total. The number of pyridine rings is 1. The summed E-state index contributed by atoms with van der Waals surface area (Å²) in [5, 5.41) is 13.7. The molecule has 34 heavy (non-hydrogen) atoms. The molecule has 3 aromatic rings. The highest BCUT2D eigenvalue weighted by atomic mass is 32.2. The van der Waals surface area contributed by atoms with E-state index in [0.717, 1.165) is 24.0 Å². The maximum atomic E-state index is 13.5. The van der Waals surface area contributed by atoms with E-state index >= 15 is 0 Å². The van der Waals surface area contributed by atoms with Gasteiger partial charge in [-0.1, -0.05) is 73.7 Å². The molecule has 0 aliphatic carbocycles. The topological polar surface area (TPSA) is 86.9 Å². The smallest absolute Gasteiger partial charge is 0.267 e. The lowest BCUT2D eigenvalue weighted by Crippen LogP contribution is -2.29. The van der Waals surface area contributed by atoms with Crippen LogP contribution in [0.25, 0.3) is 11.7 Å². The van der Waals surface area contributed by atoms with E-state index in [1.54, 1.807) is 23.2 Å². The van der Waals surface area contributed by atoms with E-state index in [1.807, 2.05) is 43.3 Å². The molecule has 3 heterocycles. The quantitative estimate of drug-likeness (QED) is 0.359. The molecule has 1 unspecified atom stereocenters. The van der Waals surface area contributed by atoms with Crippen molar-refractivity contribution in [3.63, 3.8) is 0 Å². The molecular formula is C25H26N4O3S2. The molecule has 0 spiro atoms. The van der Waals surface area contributed by atoms with Gasteiger partial charge < -0.3 is 10.4 Å². The number of thiocarbonyl (C=S) groups is 1. The average Bonchev–Trinajstić information content (AvgIpc) is 3.11. The molecule has 2 N–H and O–H groups in total. The minimum atomic E-state index is -0.793. The highest BCUT2D eigenvalue weighted by Gasteiger charge is 2.32. The number of unbranched alkanes of at least 4 members (excludes halogenated alkanes) is 1. The fourth-order valence-electron chi connectivity index (χ4n) is 3.70. The van der Waals surface area contributed by atoms with E-state index in [-0.39, 0.29) is 23.6 Å². The molecule has 1 fully saturated rings. The van der Waals surface area contributed by atoms with Gasteiger partial charge in [0.15, 0.2) is 0 Å². The van der Waals surface area contributed by atoms with Gasteiger partial charge in [-0.05, 0) is 36.6 Å². The van der Waals surface area contributed by atoms with Crippen LogP contribution in [0.4, 0.5) is 5.82 Å². The number of hydrogen-bond acceptors (Lipinski definition) is 7. The van der Waals surface area contributed by atoms with Gasteiger partial charge in [0, 0.05) is 19.3 Å². The van der Waals surface area contributed by atoms with Crippen LogP contribution in [-0.4, -0.2) is 42.7 Å². The Morgan fingerprint density at radius 2 is 1.97 bits per heavy atom. The molecule has 176 valence electrons. The zero-order valence-corrected chi connectivity index (χ0v) is 20.7. The molecule has 0 radical (unpaired) electrons. The lowest BCUT2D eigenvalue weighted by atomic mass is 10.1. The minimum Gasteiger partial charge on any atom is -0.387 e. The van der Waals surface area contributed by atoms with Crippen LogP contribution in [-0.2, 0) is 4.79 Å². The monoisotopic (exact) mass is 494 g/mol. The van der Waals surface area contributed by atoms with E-state index in [9.17, 15) is 14.7 Å². The third kappa shape index (κ3) is 4.91. The summed E-state index contributed by atoms with van der Waals surface area (Å²) in [6, 6.07) is 12.9. The van der Waals surface area contributed by atoms with Crippen molar-refractivity contribution in [2.24, 2.45) is 0 Å². The van der Waals surface area contributed by atoms with Crippen LogP contribution in [0, 0.1) is 6.92 Å². The van der Waals surface area contributed by atoms with Gasteiger partial charge in [-0.3, -0.25) is 18.9 Å². The number of nitrogens with zero attached hydrogens (tertiary/aromatic N) is 3. The fourth-order valence-corrected chi connectivity index (χ4v) is 4.99. The maximum Gasteiger partial charge on any atom is 0.267 e. The van der Waals surface area contributed by atoms with Crippen molar-refractivity contribution in [2.75, 3.05) is 18.4 Å². The summed E-state index contributed by atoms with van der Waals surface area (Å²) in [6.45, 7) is 4.64. The second kappa shape index (κ2) is 10.5. The summed E-state index contributed by atoms with van der Waals surface area (Å²) in [7, 11) is 0. The van der Waals surface area contributed by atoms with Gasteiger partial charge >= 0.3 is 0 Å². The number of aliphatic hydroxyl groups is 1. The van der Waals surface area contributed by atoms with Gasteiger partial charge in [0.25, 0.3) is 11.5 Å². The first-order valence-corrected chi connectivity index (χ1v) is 12.4. The highest BCUT2D eigenvalue weighted by molar-refractivity contribution is 8.26. The molecular weight excluding hydrogens is 468 g/mol. The third-order valence-electron chi connectivity index (χ3n) is 5.62. The Kier molecular flexibility index (Phi) is 7.45. The summed E-state index contributed by atoms with van der Waals surface area (Å²) < 4.78 is 1.96. The number of benzene rings is 1. The number of thioether (sulfide) groups is 1. The largest absolute Gasteiger partial charge is 0.387 e. The van der Waals surface area contributed by atoms with Crippen molar-refractivity contribution < 1.29 is 9.90 Å². The zero-order valence-electron chi connectivity index (χ0n) is 19.0. The fraction of sp³-hybridized carbons (Fsp3) is 0.280. The highest BCUT2D eigenvalue weighted by Crippen LogP contribution is 2.33. The summed E-state index contributed by atoms with van der Waals surface area (Å²) >= 11 is 6.59. The van der Waals surface area contributed by atoms with Crippen molar-refractivity contribution in [3.05, 3.63) is 80.6 Å². The lowest BCUT2D eigenvalue weighted by molar-refractivity contribution is -0.122. The molecule has 1 amide bonds. The molecule has 1 saturated heterocycles. The zero-order chi connectivity index (χ0) is 24.2. The lowest BCUT2D eigenvalue weighted by Gasteiger charge is -2.15. The van der Waals surface area contributed by atoms with Crippen molar-refractivity contribution >= 4 is 51.7 Å². The van der Waals surface area contributed by atoms with Crippen LogP contribution in [0.1, 0.15) is 42.6 Å². The van der Waals surface area contributed by atoms with Gasteiger partial charge in [0.05, 0.1) is 16.6 Å². The van der Waals surface area contributed by atoms with E-state index in [4.69, 9.17) is 12.2 Å². The number of anilines is 1. The first-order valence-electron chi connectivity index (χ1n) is 11.1. The number of amides is 1. The number of aryl methyl sites for hydroxylation is 1. The van der Waals surface area contributed by atoms with Crippen LogP contribution < -0.4 is 10.9 Å². The first kappa shape index (κ1) is 24.1. The van der Waals surface area contributed by atoms with Gasteiger partial charge in [0.1, 0.15) is 15.8 Å². The second-order valence-corrected chi connectivity index (χ2v) is 9.73. The summed E-state index contributed by atoms with van der Waals surface area (Å²) in [4.78, 5) is 33.1. The number of carbonyl (C=O) groups is 1. The average molecular weight is 495 g/mol. The Balaban J connectivity index is 1.74. The molecule has 0 bridgehead atoms. The normalized spacial score (nSPS) is 16.0. The predicted molar refractivity (Wildman–Crippen MR) is 141 cm³/mol. The minimum absolute atomic E-state index is 0.150. The molecule has 1 atom stereocenters. The number of aromatic nitrogens is 2. The van der Waals surface area contributed by atoms with E-state index in [0.29, 0.717) is 27.2 Å². The van der Waals surface area contributed by atoms with Crippen LogP contribution in [0.5, 0.6) is 0 Å². The standard InChI is InChI=1S/C25H26N4O3S2/c1-3-4-12-29-24(32)20(34-25(29)33)14-18-21(26-15-19(30)17-10-6-5-7-11-17)27-22-16(2)9-8-13-28(22)23(18)31/h5-11,13-14,19,26,30H,3-4,12,15H2,1-2H3/b20-14-. The van der Waals surface area contributed by atoms with Crippen LogP contribution in [0.15, 0.2) is 58.4 Å². The number of rotatable bonds is 8. The van der Waals surface area contributed by atoms with Crippen molar-refractivity contribution in [1.82, 2.24) is 14.3 Å². The van der Waals surface area contributed by atoms with E-state index in [1.165, 1.54) is 16.2 Å². The number of fused-ring (bicyclic) bond motifs is 1. The predicted octanol–water partition coefficient (Wildman–Crippen LogP) is 4.15. The number of hydrogen-bond donors (Lipinski definition) is 2. The molecule has 4 rings (SSSR count). The molecule has 9 heteroatoms. The molecule has 1 aromatic carbocycles. The van der Waals surface area contributed by atoms with Crippen LogP contribution >= 0.6 is 24.0 Å². The second-order valence-electron chi connectivity index (χ2n) is 8.06. The molecule has 0 saturated carbocycles. The Labute approximate surface area is 207 Å². The van der Waals surface area contributed by atoms with Crippen LogP contribution in [0.3, 0.4) is 0 Å². The Morgan fingerprint density at radius 1 is 1.21 bits per heavy atom. The summed E-state index contributed by atoms with van der Waals surface area (Å²) in [5.74, 6) is 0.112. The van der Waals surface area contributed by atoms with Gasteiger partial charge in [0.2, 0.25) is 0 Å².